The van der Waals surface area contributed by atoms with Crippen LogP contribution in [0.1, 0.15) is 18.1 Å². The molecule has 2 nitrogen and oxygen atoms in total. The molecular formula is C15H15NOS. The standard InChI is InChI=1S/C15H15NOS/c1-12(16-18)14-8-5-9-15(10-14)17-11-13-6-3-2-4-7-13/h2-10,18H,11H2,1H3/b16-12+. The minimum absolute atomic E-state index is 0.571. The van der Waals surface area contributed by atoms with Crippen molar-refractivity contribution in [2.24, 2.45) is 4.40 Å². The summed E-state index contributed by atoms with van der Waals surface area (Å²) in [5.74, 6) is 0.840. The van der Waals surface area contributed by atoms with Gasteiger partial charge in [0.05, 0.1) is 5.71 Å². The van der Waals surface area contributed by atoms with Crippen molar-refractivity contribution in [2.75, 3.05) is 0 Å². The van der Waals surface area contributed by atoms with E-state index in [1.807, 2.05) is 61.5 Å². The molecule has 3 heteroatoms. The maximum absolute atomic E-state index is 5.75. The zero-order valence-electron chi connectivity index (χ0n) is 10.2. The van der Waals surface area contributed by atoms with E-state index >= 15 is 0 Å². The van der Waals surface area contributed by atoms with E-state index in [2.05, 4.69) is 17.2 Å². The zero-order valence-corrected chi connectivity index (χ0v) is 11.1. The molecule has 0 aliphatic heterocycles. The highest BCUT2D eigenvalue weighted by Crippen LogP contribution is 2.16. The molecule has 18 heavy (non-hydrogen) atoms. The number of ether oxygens (including phenoxy) is 1. The van der Waals surface area contributed by atoms with Crippen molar-refractivity contribution in [3.05, 3.63) is 65.7 Å². The van der Waals surface area contributed by atoms with Crippen LogP contribution >= 0.6 is 12.8 Å². The second kappa shape index (κ2) is 6.26. The highest BCUT2D eigenvalue weighted by molar-refractivity contribution is 7.79. The summed E-state index contributed by atoms with van der Waals surface area (Å²) in [6, 6.07) is 18.0. The quantitative estimate of drug-likeness (QED) is 0.650. The molecule has 2 aromatic carbocycles. The smallest absolute Gasteiger partial charge is 0.120 e. The Morgan fingerprint density at radius 3 is 2.61 bits per heavy atom. The minimum Gasteiger partial charge on any atom is -0.489 e. The number of rotatable bonds is 4. The molecule has 0 radical (unpaired) electrons. The summed E-state index contributed by atoms with van der Waals surface area (Å²) in [7, 11) is 0. The molecule has 0 aliphatic rings. The molecule has 2 rings (SSSR count). The predicted molar refractivity (Wildman–Crippen MR) is 78.4 cm³/mol. The van der Waals surface area contributed by atoms with Gasteiger partial charge in [0.2, 0.25) is 0 Å². The Kier molecular flexibility index (Phi) is 4.42. The third-order valence-electron chi connectivity index (χ3n) is 2.65. The van der Waals surface area contributed by atoms with Gasteiger partial charge in [0.25, 0.3) is 0 Å². The molecule has 2 aromatic rings. The predicted octanol–water partition coefficient (Wildman–Crippen LogP) is 3.92. The van der Waals surface area contributed by atoms with Crippen LogP contribution in [0.5, 0.6) is 5.75 Å². The van der Waals surface area contributed by atoms with Gasteiger partial charge in [-0.2, -0.15) is 0 Å². The Morgan fingerprint density at radius 1 is 1.11 bits per heavy atom. The monoisotopic (exact) mass is 257 g/mol. The van der Waals surface area contributed by atoms with Crippen LogP contribution in [0.15, 0.2) is 59.0 Å². The Morgan fingerprint density at radius 2 is 1.89 bits per heavy atom. The summed E-state index contributed by atoms with van der Waals surface area (Å²) in [5.41, 5.74) is 3.06. The van der Waals surface area contributed by atoms with Crippen molar-refractivity contribution in [2.45, 2.75) is 13.5 Å². The van der Waals surface area contributed by atoms with E-state index < -0.39 is 0 Å². The molecule has 0 saturated carbocycles. The van der Waals surface area contributed by atoms with E-state index in [1.165, 1.54) is 0 Å². The molecule has 0 aliphatic carbocycles. The molecule has 0 atom stereocenters. The van der Waals surface area contributed by atoms with Crippen molar-refractivity contribution in [1.29, 1.82) is 0 Å². The fraction of sp³-hybridized carbons (Fsp3) is 0.133. The second-order valence-electron chi connectivity index (χ2n) is 3.99. The van der Waals surface area contributed by atoms with E-state index in [0.717, 1.165) is 22.6 Å². The highest BCUT2D eigenvalue weighted by Gasteiger charge is 2.00. The van der Waals surface area contributed by atoms with Crippen molar-refractivity contribution in [3.63, 3.8) is 0 Å². The van der Waals surface area contributed by atoms with Gasteiger partial charge in [0.15, 0.2) is 0 Å². The number of benzene rings is 2. The molecule has 0 amide bonds. The summed E-state index contributed by atoms with van der Waals surface area (Å²) < 4.78 is 9.62. The topological polar surface area (TPSA) is 21.6 Å². The van der Waals surface area contributed by atoms with Crippen molar-refractivity contribution >= 4 is 18.5 Å². The fourth-order valence-electron chi connectivity index (χ4n) is 1.61. The largest absolute Gasteiger partial charge is 0.489 e. The van der Waals surface area contributed by atoms with Gasteiger partial charge >= 0.3 is 0 Å². The van der Waals surface area contributed by atoms with Gasteiger partial charge in [-0.1, -0.05) is 42.5 Å². The van der Waals surface area contributed by atoms with Crippen LogP contribution in [0.4, 0.5) is 0 Å². The average Bonchev–Trinajstić information content (AvgIpc) is 2.45. The van der Waals surface area contributed by atoms with Crippen LogP contribution in [0.3, 0.4) is 0 Å². The van der Waals surface area contributed by atoms with Gasteiger partial charge in [0, 0.05) is 0 Å². The first-order valence-electron chi connectivity index (χ1n) is 5.75. The molecular weight excluding hydrogens is 242 g/mol. The second-order valence-corrected chi connectivity index (χ2v) is 4.19. The fourth-order valence-corrected chi connectivity index (χ4v) is 1.73. The van der Waals surface area contributed by atoms with Crippen molar-refractivity contribution < 1.29 is 4.74 Å². The number of thiol groups is 1. The van der Waals surface area contributed by atoms with Crippen LogP contribution in [-0.4, -0.2) is 5.71 Å². The van der Waals surface area contributed by atoms with Crippen LogP contribution in [-0.2, 0) is 6.61 Å². The lowest BCUT2D eigenvalue weighted by Crippen LogP contribution is -1.97. The first-order chi connectivity index (χ1) is 8.79. The van der Waals surface area contributed by atoms with Gasteiger partial charge < -0.3 is 4.74 Å². The Hall–Kier alpha value is -1.74. The van der Waals surface area contributed by atoms with E-state index in [0.29, 0.717) is 6.61 Å². The van der Waals surface area contributed by atoms with E-state index in [-0.39, 0.29) is 0 Å². The maximum Gasteiger partial charge on any atom is 0.120 e. The van der Waals surface area contributed by atoms with E-state index in [4.69, 9.17) is 4.74 Å². The third-order valence-corrected chi connectivity index (χ3v) is 2.95. The molecule has 0 unspecified atom stereocenters. The number of hydrogen-bond donors (Lipinski definition) is 1. The van der Waals surface area contributed by atoms with Crippen molar-refractivity contribution in [3.8, 4) is 5.75 Å². The van der Waals surface area contributed by atoms with Crippen LogP contribution < -0.4 is 4.74 Å². The molecule has 0 fully saturated rings. The van der Waals surface area contributed by atoms with Gasteiger partial charge in [-0.05, 0) is 43.0 Å². The summed E-state index contributed by atoms with van der Waals surface area (Å²) >= 11 is 3.92. The van der Waals surface area contributed by atoms with Crippen LogP contribution in [0.2, 0.25) is 0 Å². The molecule has 0 bridgehead atoms. The van der Waals surface area contributed by atoms with E-state index in [9.17, 15) is 0 Å². The Bertz CT molecular complexity index is 537. The molecule has 92 valence electrons. The average molecular weight is 257 g/mol. The van der Waals surface area contributed by atoms with Gasteiger partial charge in [-0.3, -0.25) is 0 Å². The first kappa shape index (κ1) is 12.7. The molecule has 0 spiro atoms. The Labute approximate surface area is 113 Å². The molecule has 0 N–H and O–H groups in total. The molecule has 0 heterocycles. The summed E-state index contributed by atoms with van der Waals surface area (Å²) in [4.78, 5) is 0. The number of nitrogens with zero attached hydrogens (tertiary/aromatic N) is 1. The van der Waals surface area contributed by atoms with E-state index in [1.54, 1.807) is 0 Å². The lowest BCUT2D eigenvalue weighted by Gasteiger charge is -2.07. The Balaban J connectivity index is 2.06. The normalized spacial score (nSPS) is 11.3. The summed E-state index contributed by atoms with van der Waals surface area (Å²) in [6.45, 7) is 2.49. The SMILES string of the molecule is C/C(=N\S)c1cccc(OCc2ccccc2)c1. The van der Waals surface area contributed by atoms with Gasteiger partial charge in [-0.25, -0.2) is 4.40 Å². The summed E-state index contributed by atoms with van der Waals surface area (Å²) in [5, 5.41) is 0. The molecule has 0 saturated heterocycles. The zero-order chi connectivity index (χ0) is 12.8. The summed E-state index contributed by atoms with van der Waals surface area (Å²) in [6.07, 6.45) is 0. The maximum atomic E-state index is 5.75. The third kappa shape index (κ3) is 3.37. The highest BCUT2D eigenvalue weighted by atomic mass is 32.1. The van der Waals surface area contributed by atoms with Crippen molar-refractivity contribution in [1.82, 2.24) is 0 Å². The van der Waals surface area contributed by atoms with Crippen LogP contribution in [0.25, 0.3) is 0 Å². The van der Waals surface area contributed by atoms with Crippen LogP contribution in [0, 0.1) is 0 Å². The minimum atomic E-state index is 0.571. The first-order valence-corrected chi connectivity index (χ1v) is 6.15. The lowest BCUT2D eigenvalue weighted by atomic mass is 10.1. The van der Waals surface area contributed by atoms with Gasteiger partial charge in [0.1, 0.15) is 12.4 Å². The van der Waals surface area contributed by atoms with Gasteiger partial charge in [-0.15, -0.1) is 0 Å². The number of hydrogen-bond acceptors (Lipinski definition) is 3. The molecule has 0 aromatic heterocycles. The lowest BCUT2D eigenvalue weighted by molar-refractivity contribution is 0.306.